The number of hydrogen-bond donors (Lipinski definition) is 2. The molecule has 126 valence electrons. The Bertz CT molecular complexity index is 718. The minimum atomic E-state index is -0.950. The van der Waals surface area contributed by atoms with Gasteiger partial charge in [-0.3, -0.25) is 4.79 Å². The van der Waals surface area contributed by atoms with E-state index in [0.717, 1.165) is 5.69 Å². The number of amides is 2. The van der Waals surface area contributed by atoms with Crippen LogP contribution >= 0.6 is 0 Å². The highest BCUT2D eigenvalue weighted by Crippen LogP contribution is 2.20. The van der Waals surface area contributed by atoms with Gasteiger partial charge in [0.05, 0.1) is 6.42 Å². The van der Waals surface area contributed by atoms with Crippen molar-refractivity contribution in [2.24, 2.45) is 0 Å². The fraction of sp³-hybridized carbons (Fsp3) is 0.250. The monoisotopic (exact) mass is 330 g/mol. The molecule has 0 radical (unpaired) electrons. The van der Waals surface area contributed by atoms with Gasteiger partial charge in [0, 0.05) is 31.2 Å². The van der Waals surface area contributed by atoms with Crippen LogP contribution in [0.5, 0.6) is 11.8 Å². The van der Waals surface area contributed by atoms with Crippen molar-refractivity contribution in [2.45, 2.75) is 13.3 Å². The fourth-order valence-corrected chi connectivity index (χ4v) is 1.77. The van der Waals surface area contributed by atoms with E-state index in [9.17, 15) is 9.59 Å². The standard InChI is InChI=1S/C16H18N4O4/c1-11-7-9-17-15(18-11)24-13-5-3-12(4-6-13)19-16(23)20(2)10-8-14(21)22/h3-7,9H,8,10H2,1-2H3,(H,19,23)(H,21,22). The number of ether oxygens (including phenoxy) is 1. The number of nitrogens with zero attached hydrogens (tertiary/aromatic N) is 3. The number of aromatic nitrogens is 2. The molecule has 8 heteroatoms. The number of carbonyl (C=O) groups is 2. The summed E-state index contributed by atoms with van der Waals surface area (Å²) in [4.78, 5) is 31.9. The Labute approximate surface area is 139 Å². The van der Waals surface area contributed by atoms with Crippen LogP contribution in [0.4, 0.5) is 10.5 Å². The molecule has 0 unspecified atom stereocenters. The van der Waals surface area contributed by atoms with Crippen molar-refractivity contribution in [1.29, 1.82) is 0 Å². The van der Waals surface area contributed by atoms with Crippen LogP contribution in [0.2, 0.25) is 0 Å². The van der Waals surface area contributed by atoms with E-state index in [2.05, 4.69) is 15.3 Å². The molecule has 0 bridgehead atoms. The van der Waals surface area contributed by atoms with Gasteiger partial charge in [0.1, 0.15) is 5.75 Å². The molecule has 24 heavy (non-hydrogen) atoms. The van der Waals surface area contributed by atoms with Crippen molar-refractivity contribution in [3.8, 4) is 11.8 Å². The van der Waals surface area contributed by atoms with Gasteiger partial charge in [-0.05, 0) is 37.3 Å². The number of hydrogen-bond acceptors (Lipinski definition) is 5. The third-order valence-corrected chi connectivity index (χ3v) is 3.10. The second-order valence-electron chi connectivity index (χ2n) is 5.10. The highest BCUT2D eigenvalue weighted by Gasteiger charge is 2.10. The molecule has 0 aliphatic rings. The van der Waals surface area contributed by atoms with Crippen LogP contribution in [0, 0.1) is 6.92 Å². The molecule has 0 aliphatic carbocycles. The smallest absolute Gasteiger partial charge is 0.322 e. The number of aliphatic carboxylic acids is 1. The van der Waals surface area contributed by atoms with E-state index in [4.69, 9.17) is 9.84 Å². The summed E-state index contributed by atoms with van der Waals surface area (Å²) < 4.78 is 5.52. The molecule has 1 heterocycles. The summed E-state index contributed by atoms with van der Waals surface area (Å²) in [5.41, 5.74) is 1.37. The van der Waals surface area contributed by atoms with Crippen molar-refractivity contribution < 1.29 is 19.4 Å². The Morgan fingerprint density at radius 2 is 1.96 bits per heavy atom. The van der Waals surface area contributed by atoms with Crippen molar-refractivity contribution in [3.05, 3.63) is 42.2 Å². The van der Waals surface area contributed by atoms with Crippen molar-refractivity contribution >= 4 is 17.7 Å². The highest BCUT2D eigenvalue weighted by atomic mass is 16.5. The van der Waals surface area contributed by atoms with Crippen LogP contribution in [0.1, 0.15) is 12.1 Å². The third kappa shape index (κ3) is 5.24. The number of rotatable bonds is 6. The van der Waals surface area contributed by atoms with Gasteiger partial charge < -0.3 is 20.1 Å². The molecule has 2 amide bonds. The first kappa shape index (κ1) is 17.2. The minimum absolute atomic E-state index is 0.104. The predicted molar refractivity (Wildman–Crippen MR) is 87.2 cm³/mol. The number of carboxylic acid groups (broad SMARTS) is 1. The van der Waals surface area contributed by atoms with Gasteiger partial charge in [0.15, 0.2) is 0 Å². The topological polar surface area (TPSA) is 105 Å². The number of anilines is 1. The zero-order valence-electron chi connectivity index (χ0n) is 13.4. The second-order valence-corrected chi connectivity index (χ2v) is 5.10. The number of carboxylic acids is 1. The first-order chi connectivity index (χ1) is 11.4. The van der Waals surface area contributed by atoms with E-state index in [-0.39, 0.29) is 25.0 Å². The molecule has 2 aromatic rings. The van der Waals surface area contributed by atoms with Gasteiger partial charge in [-0.25, -0.2) is 14.8 Å². The number of carbonyl (C=O) groups excluding carboxylic acids is 1. The maximum Gasteiger partial charge on any atom is 0.322 e. The zero-order valence-corrected chi connectivity index (χ0v) is 13.4. The maximum atomic E-state index is 11.9. The minimum Gasteiger partial charge on any atom is -0.481 e. The summed E-state index contributed by atoms with van der Waals surface area (Å²) in [5, 5.41) is 11.3. The van der Waals surface area contributed by atoms with Crippen molar-refractivity contribution in [3.63, 3.8) is 0 Å². The molecule has 0 atom stereocenters. The average Bonchev–Trinajstić information content (AvgIpc) is 2.54. The van der Waals surface area contributed by atoms with E-state index < -0.39 is 5.97 Å². The van der Waals surface area contributed by atoms with Gasteiger partial charge in [-0.1, -0.05) is 0 Å². The molecule has 1 aromatic heterocycles. The molecular weight excluding hydrogens is 312 g/mol. The lowest BCUT2D eigenvalue weighted by molar-refractivity contribution is -0.137. The Balaban J connectivity index is 1.92. The number of aryl methyl sites for hydroxylation is 1. The van der Waals surface area contributed by atoms with Gasteiger partial charge in [-0.2, -0.15) is 0 Å². The molecule has 0 fully saturated rings. The van der Waals surface area contributed by atoms with Gasteiger partial charge >= 0.3 is 18.0 Å². The van der Waals surface area contributed by atoms with Gasteiger partial charge in [0.2, 0.25) is 0 Å². The van der Waals surface area contributed by atoms with Crippen LogP contribution in [0.25, 0.3) is 0 Å². The van der Waals surface area contributed by atoms with Crippen LogP contribution in [0.15, 0.2) is 36.5 Å². The lowest BCUT2D eigenvalue weighted by atomic mass is 10.3. The first-order valence-corrected chi connectivity index (χ1v) is 7.25. The summed E-state index contributed by atoms with van der Waals surface area (Å²) in [6.07, 6.45) is 1.51. The van der Waals surface area contributed by atoms with Crippen molar-refractivity contribution in [2.75, 3.05) is 18.9 Å². The molecular formula is C16H18N4O4. The summed E-state index contributed by atoms with van der Waals surface area (Å²) in [6, 6.07) is 8.35. The van der Waals surface area contributed by atoms with E-state index in [1.807, 2.05) is 6.92 Å². The summed E-state index contributed by atoms with van der Waals surface area (Å²) in [6.45, 7) is 1.97. The maximum absolute atomic E-state index is 11.9. The van der Waals surface area contributed by atoms with Crippen LogP contribution in [0.3, 0.4) is 0 Å². The number of urea groups is 1. The molecule has 1 aromatic carbocycles. The molecule has 0 saturated carbocycles. The summed E-state index contributed by atoms with van der Waals surface area (Å²) >= 11 is 0. The van der Waals surface area contributed by atoms with Crippen molar-refractivity contribution in [1.82, 2.24) is 14.9 Å². The molecule has 0 saturated heterocycles. The van der Waals surface area contributed by atoms with E-state index in [0.29, 0.717) is 11.4 Å². The third-order valence-electron chi connectivity index (χ3n) is 3.10. The lowest BCUT2D eigenvalue weighted by Gasteiger charge is -2.17. The molecule has 2 N–H and O–H groups in total. The van der Waals surface area contributed by atoms with Gasteiger partial charge in [0.25, 0.3) is 0 Å². The first-order valence-electron chi connectivity index (χ1n) is 7.25. The summed E-state index contributed by atoms with van der Waals surface area (Å²) in [7, 11) is 1.53. The quantitative estimate of drug-likeness (QED) is 0.843. The van der Waals surface area contributed by atoms with Crippen LogP contribution < -0.4 is 10.1 Å². The number of nitrogens with one attached hydrogen (secondary N) is 1. The highest BCUT2D eigenvalue weighted by molar-refractivity contribution is 5.89. The average molecular weight is 330 g/mol. The summed E-state index contributed by atoms with van der Waals surface area (Å²) in [5.74, 6) is -0.410. The molecule has 2 rings (SSSR count). The van der Waals surface area contributed by atoms with E-state index in [1.165, 1.54) is 11.9 Å². The van der Waals surface area contributed by atoms with E-state index in [1.54, 1.807) is 36.5 Å². The van der Waals surface area contributed by atoms with Crippen LogP contribution in [-0.2, 0) is 4.79 Å². The largest absolute Gasteiger partial charge is 0.481 e. The predicted octanol–water partition coefficient (Wildman–Crippen LogP) is 2.52. The molecule has 0 aliphatic heterocycles. The van der Waals surface area contributed by atoms with E-state index >= 15 is 0 Å². The lowest BCUT2D eigenvalue weighted by Crippen LogP contribution is -2.33. The van der Waals surface area contributed by atoms with Gasteiger partial charge in [-0.15, -0.1) is 0 Å². The normalized spacial score (nSPS) is 10.1. The SMILES string of the molecule is Cc1ccnc(Oc2ccc(NC(=O)N(C)CCC(=O)O)cc2)n1. The Morgan fingerprint density at radius 1 is 1.25 bits per heavy atom. The fourth-order valence-electron chi connectivity index (χ4n) is 1.77. The molecule has 0 spiro atoms. The Kier molecular flexibility index (Phi) is 5.67. The molecule has 8 nitrogen and oxygen atoms in total. The number of benzene rings is 1. The van der Waals surface area contributed by atoms with Crippen LogP contribution in [-0.4, -0.2) is 45.6 Å². The Hall–Kier alpha value is -3.16. The second kappa shape index (κ2) is 7.91. The Morgan fingerprint density at radius 3 is 2.58 bits per heavy atom. The zero-order chi connectivity index (χ0) is 17.5.